The van der Waals surface area contributed by atoms with Crippen LogP contribution in [0.4, 0.5) is 0 Å². The average molecular weight is 288 g/mol. The van der Waals surface area contributed by atoms with Gasteiger partial charge < -0.3 is 5.32 Å². The Bertz CT molecular complexity index is 467. The fourth-order valence-corrected chi connectivity index (χ4v) is 2.73. The summed E-state index contributed by atoms with van der Waals surface area (Å²) in [6, 6.07) is 9.08. The van der Waals surface area contributed by atoms with Gasteiger partial charge in [0.1, 0.15) is 6.17 Å². The molecule has 1 aliphatic heterocycles. The molecule has 1 heterocycles. The third kappa shape index (κ3) is 4.39. The first-order valence-electron chi connectivity index (χ1n) is 7.85. The largest absolute Gasteiger partial charge is 0.330 e. The van der Waals surface area contributed by atoms with Crippen molar-refractivity contribution in [3.8, 4) is 0 Å². The normalized spacial score (nSPS) is 17.2. The van der Waals surface area contributed by atoms with Crippen molar-refractivity contribution in [1.82, 2.24) is 10.2 Å². The highest BCUT2D eigenvalue weighted by Gasteiger charge is 2.28. The standard InChI is InChI=1S/C17H24N2O2/c1-2-9-15(20)16(19-12-7-4-8-13-19)18-17(21)14-10-5-3-6-11-14/h3,5-6,10-11,16H,2,4,7-9,12-13H2,1H3,(H,18,21). The van der Waals surface area contributed by atoms with E-state index < -0.39 is 6.17 Å². The lowest BCUT2D eigenvalue weighted by atomic mass is 10.1. The van der Waals surface area contributed by atoms with Gasteiger partial charge in [-0.3, -0.25) is 14.5 Å². The molecule has 0 bridgehead atoms. The summed E-state index contributed by atoms with van der Waals surface area (Å²) in [5.74, 6) is -0.0562. The first-order chi connectivity index (χ1) is 10.2. The van der Waals surface area contributed by atoms with Gasteiger partial charge in [-0.1, -0.05) is 31.5 Å². The van der Waals surface area contributed by atoms with Crippen LogP contribution in [-0.4, -0.2) is 35.8 Å². The van der Waals surface area contributed by atoms with Gasteiger partial charge in [0.25, 0.3) is 5.91 Å². The third-order valence-electron chi connectivity index (χ3n) is 3.86. The first-order valence-corrected chi connectivity index (χ1v) is 7.85. The summed E-state index contributed by atoms with van der Waals surface area (Å²) in [7, 11) is 0. The van der Waals surface area contributed by atoms with Crippen LogP contribution in [0.1, 0.15) is 49.4 Å². The van der Waals surface area contributed by atoms with Gasteiger partial charge in [-0.25, -0.2) is 0 Å². The van der Waals surface area contributed by atoms with Crippen molar-refractivity contribution >= 4 is 11.7 Å². The number of amides is 1. The van der Waals surface area contributed by atoms with Crippen molar-refractivity contribution in [2.75, 3.05) is 13.1 Å². The molecule has 0 aliphatic carbocycles. The van der Waals surface area contributed by atoms with Crippen LogP contribution in [0.15, 0.2) is 30.3 Å². The van der Waals surface area contributed by atoms with Crippen LogP contribution in [0.3, 0.4) is 0 Å². The highest BCUT2D eigenvalue weighted by Crippen LogP contribution is 2.13. The van der Waals surface area contributed by atoms with Crippen molar-refractivity contribution in [2.24, 2.45) is 0 Å². The molecule has 4 heteroatoms. The number of carbonyl (C=O) groups excluding carboxylic acids is 2. The number of piperidine rings is 1. The molecular formula is C17H24N2O2. The topological polar surface area (TPSA) is 49.4 Å². The van der Waals surface area contributed by atoms with Gasteiger partial charge in [0.15, 0.2) is 5.78 Å². The Morgan fingerprint density at radius 3 is 2.43 bits per heavy atom. The summed E-state index contributed by atoms with van der Waals surface area (Å²) in [4.78, 5) is 26.8. The third-order valence-corrected chi connectivity index (χ3v) is 3.86. The highest BCUT2D eigenvalue weighted by atomic mass is 16.2. The molecule has 0 saturated carbocycles. The van der Waals surface area contributed by atoms with Gasteiger partial charge in [-0.05, 0) is 31.4 Å². The molecule has 114 valence electrons. The summed E-state index contributed by atoms with van der Waals surface area (Å²) < 4.78 is 0. The minimum Gasteiger partial charge on any atom is -0.330 e. The van der Waals surface area contributed by atoms with E-state index in [1.165, 1.54) is 6.42 Å². The molecule has 21 heavy (non-hydrogen) atoms. The molecule has 1 atom stereocenters. The number of likely N-dealkylation sites (tertiary alicyclic amines) is 1. The van der Waals surface area contributed by atoms with Gasteiger partial charge in [-0.2, -0.15) is 0 Å². The lowest BCUT2D eigenvalue weighted by Crippen LogP contribution is -2.54. The monoisotopic (exact) mass is 288 g/mol. The zero-order valence-electron chi connectivity index (χ0n) is 12.7. The number of rotatable bonds is 6. The Morgan fingerprint density at radius 2 is 1.81 bits per heavy atom. The minimum atomic E-state index is -0.474. The van der Waals surface area contributed by atoms with E-state index in [-0.39, 0.29) is 11.7 Å². The van der Waals surface area contributed by atoms with Gasteiger partial charge in [0, 0.05) is 25.1 Å². The summed E-state index contributed by atoms with van der Waals surface area (Å²) in [5.41, 5.74) is 0.601. The Labute approximate surface area is 126 Å². The second kappa shape index (κ2) is 7.93. The number of ketones is 1. The average Bonchev–Trinajstić information content (AvgIpc) is 2.54. The molecule has 1 aromatic rings. The molecule has 1 saturated heterocycles. The number of hydrogen-bond donors (Lipinski definition) is 1. The van der Waals surface area contributed by atoms with E-state index in [4.69, 9.17) is 0 Å². The lowest BCUT2D eigenvalue weighted by molar-refractivity contribution is -0.125. The zero-order valence-corrected chi connectivity index (χ0v) is 12.7. The Hall–Kier alpha value is -1.68. The Kier molecular flexibility index (Phi) is 5.93. The fourth-order valence-electron chi connectivity index (χ4n) is 2.73. The van der Waals surface area contributed by atoms with Crippen molar-refractivity contribution < 1.29 is 9.59 Å². The van der Waals surface area contributed by atoms with E-state index >= 15 is 0 Å². The molecule has 1 unspecified atom stereocenters. The minimum absolute atomic E-state index is 0.115. The number of nitrogens with one attached hydrogen (secondary N) is 1. The van der Waals surface area contributed by atoms with Crippen molar-refractivity contribution in [3.05, 3.63) is 35.9 Å². The van der Waals surface area contributed by atoms with Crippen LogP contribution in [0.2, 0.25) is 0 Å². The quantitative estimate of drug-likeness (QED) is 0.875. The molecule has 1 aliphatic rings. The van der Waals surface area contributed by atoms with Gasteiger partial charge >= 0.3 is 0 Å². The van der Waals surface area contributed by atoms with E-state index in [0.29, 0.717) is 12.0 Å². The predicted octanol–water partition coefficient (Wildman–Crippen LogP) is 2.60. The molecule has 0 radical (unpaired) electrons. The second-order valence-corrected chi connectivity index (χ2v) is 5.55. The number of carbonyl (C=O) groups is 2. The molecule has 0 spiro atoms. The Balaban J connectivity index is 2.07. The number of benzene rings is 1. The van der Waals surface area contributed by atoms with Crippen molar-refractivity contribution in [1.29, 1.82) is 0 Å². The molecule has 1 N–H and O–H groups in total. The maximum absolute atomic E-state index is 12.4. The van der Waals surface area contributed by atoms with Gasteiger partial charge in [0.2, 0.25) is 0 Å². The lowest BCUT2D eigenvalue weighted by Gasteiger charge is -2.34. The summed E-state index contributed by atoms with van der Waals surface area (Å²) in [6.07, 6.45) is 4.24. The Morgan fingerprint density at radius 1 is 1.14 bits per heavy atom. The maximum Gasteiger partial charge on any atom is 0.252 e. The van der Waals surface area contributed by atoms with Crippen molar-refractivity contribution in [2.45, 2.75) is 45.2 Å². The fraction of sp³-hybridized carbons (Fsp3) is 0.529. The van der Waals surface area contributed by atoms with E-state index in [0.717, 1.165) is 32.4 Å². The van der Waals surface area contributed by atoms with E-state index in [9.17, 15) is 9.59 Å². The number of hydrogen-bond acceptors (Lipinski definition) is 3. The van der Waals surface area contributed by atoms with Crippen LogP contribution >= 0.6 is 0 Å². The highest BCUT2D eigenvalue weighted by molar-refractivity contribution is 5.97. The van der Waals surface area contributed by atoms with Crippen LogP contribution in [0.25, 0.3) is 0 Å². The molecule has 1 fully saturated rings. The second-order valence-electron chi connectivity index (χ2n) is 5.55. The first kappa shape index (κ1) is 15.7. The zero-order chi connectivity index (χ0) is 15.1. The van der Waals surface area contributed by atoms with E-state index in [2.05, 4.69) is 10.2 Å². The summed E-state index contributed by atoms with van der Waals surface area (Å²) in [6.45, 7) is 3.76. The number of Topliss-reactive ketones (excluding diaryl/α,β-unsaturated/α-hetero) is 1. The SMILES string of the molecule is CCCC(=O)C(NC(=O)c1ccccc1)N1CCCCC1. The van der Waals surface area contributed by atoms with Gasteiger partial charge in [-0.15, -0.1) is 0 Å². The van der Waals surface area contributed by atoms with Crippen LogP contribution in [0.5, 0.6) is 0 Å². The van der Waals surface area contributed by atoms with Crippen LogP contribution in [0, 0.1) is 0 Å². The molecule has 0 aromatic heterocycles. The summed E-state index contributed by atoms with van der Waals surface area (Å²) >= 11 is 0. The molecule has 2 rings (SSSR count). The van der Waals surface area contributed by atoms with Crippen LogP contribution in [-0.2, 0) is 4.79 Å². The van der Waals surface area contributed by atoms with Crippen molar-refractivity contribution in [3.63, 3.8) is 0 Å². The molecule has 1 amide bonds. The molecule has 4 nitrogen and oxygen atoms in total. The van der Waals surface area contributed by atoms with Crippen LogP contribution < -0.4 is 5.32 Å². The summed E-state index contributed by atoms with van der Waals surface area (Å²) in [5, 5.41) is 2.93. The van der Waals surface area contributed by atoms with Gasteiger partial charge in [0.05, 0.1) is 0 Å². The predicted molar refractivity (Wildman–Crippen MR) is 83.0 cm³/mol. The number of nitrogens with zero attached hydrogens (tertiary/aromatic N) is 1. The van der Waals surface area contributed by atoms with E-state index in [1.54, 1.807) is 12.1 Å². The molecular weight excluding hydrogens is 264 g/mol. The maximum atomic E-state index is 12.4. The van der Waals surface area contributed by atoms with E-state index in [1.807, 2.05) is 25.1 Å². The molecule has 1 aromatic carbocycles. The smallest absolute Gasteiger partial charge is 0.252 e.